The average Bonchev–Trinajstić information content (AvgIpc) is 2.45. The van der Waals surface area contributed by atoms with Crippen molar-refractivity contribution in [1.82, 2.24) is 5.32 Å². The van der Waals surface area contributed by atoms with E-state index in [1.54, 1.807) is 0 Å². The molecule has 3 unspecified atom stereocenters. The Kier molecular flexibility index (Phi) is 2.81. The SMILES string of the molecule is COC(=O)C1CC(C=O)NC1C. The third-order valence-corrected chi connectivity index (χ3v) is 2.26. The molecule has 0 spiro atoms. The van der Waals surface area contributed by atoms with Gasteiger partial charge in [-0.15, -0.1) is 0 Å². The van der Waals surface area contributed by atoms with Gasteiger partial charge in [0.25, 0.3) is 0 Å². The van der Waals surface area contributed by atoms with Crippen LogP contribution in [0.25, 0.3) is 0 Å². The van der Waals surface area contributed by atoms with E-state index >= 15 is 0 Å². The van der Waals surface area contributed by atoms with Crippen molar-refractivity contribution in [2.45, 2.75) is 25.4 Å². The maximum absolute atomic E-state index is 11.1. The normalized spacial score (nSPS) is 34.7. The summed E-state index contributed by atoms with van der Waals surface area (Å²) in [5.74, 6) is -0.412. The van der Waals surface area contributed by atoms with Crippen LogP contribution in [0.3, 0.4) is 0 Å². The second kappa shape index (κ2) is 3.67. The molecule has 0 aromatic heterocycles. The van der Waals surface area contributed by atoms with E-state index in [0.717, 1.165) is 6.29 Å². The number of rotatable bonds is 2. The van der Waals surface area contributed by atoms with Crippen LogP contribution in [0.2, 0.25) is 0 Å². The number of hydrogen-bond donors (Lipinski definition) is 1. The Bertz CT molecular complexity index is 193. The van der Waals surface area contributed by atoms with E-state index in [1.165, 1.54) is 7.11 Å². The monoisotopic (exact) mass is 171 g/mol. The number of ether oxygens (including phenoxy) is 1. The molecule has 4 nitrogen and oxygen atoms in total. The van der Waals surface area contributed by atoms with Crippen LogP contribution in [0, 0.1) is 5.92 Å². The first-order chi connectivity index (χ1) is 5.69. The Balaban J connectivity index is 2.57. The van der Waals surface area contributed by atoms with Gasteiger partial charge in [0.05, 0.1) is 19.1 Å². The minimum absolute atomic E-state index is 0.0349. The van der Waals surface area contributed by atoms with Crippen LogP contribution >= 0.6 is 0 Å². The smallest absolute Gasteiger partial charge is 0.310 e. The molecule has 0 aliphatic carbocycles. The van der Waals surface area contributed by atoms with Gasteiger partial charge in [0.2, 0.25) is 0 Å². The lowest BCUT2D eigenvalue weighted by Crippen LogP contribution is -2.31. The first-order valence-corrected chi connectivity index (χ1v) is 3.98. The predicted molar refractivity (Wildman–Crippen MR) is 42.6 cm³/mol. The standard InChI is InChI=1S/C8H13NO3/c1-5-7(8(11)12-2)3-6(4-10)9-5/h4-7,9H,3H2,1-2H3. The molecule has 3 atom stereocenters. The molecule has 1 aliphatic heterocycles. The van der Waals surface area contributed by atoms with E-state index in [1.807, 2.05) is 6.92 Å². The van der Waals surface area contributed by atoms with Crippen molar-refractivity contribution < 1.29 is 14.3 Å². The molecule has 0 aromatic carbocycles. The van der Waals surface area contributed by atoms with Crippen molar-refractivity contribution in [3.8, 4) is 0 Å². The summed E-state index contributed by atoms with van der Waals surface area (Å²) < 4.78 is 4.60. The topological polar surface area (TPSA) is 55.4 Å². The van der Waals surface area contributed by atoms with E-state index in [9.17, 15) is 9.59 Å². The molecule has 1 heterocycles. The van der Waals surface area contributed by atoms with Crippen molar-refractivity contribution in [2.75, 3.05) is 7.11 Å². The van der Waals surface area contributed by atoms with Gasteiger partial charge in [-0.2, -0.15) is 0 Å². The molecular formula is C8H13NO3. The van der Waals surface area contributed by atoms with Crippen LogP contribution in [0.15, 0.2) is 0 Å². The van der Waals surface area contributed by atoms with Gasteiger partial charge >= 0.3 is 5.97 Å². The second-order valence-electron chi connectivity index (χ2n) is 3.06. The Labute approximate surface area is 71.3 Å². The highest BCUT2D eigenvalue weighted by Gasteiger charge is 2.35. The number of methoxy groups -OCH3 is 1. The number of carbonyl (C=O) groups is 2. The molecule has 1 fully saturated rings. The summed E-state index contributed by atoms with van der Waals surface area (Å²) in [6.07, 6.45) is 1.39. The molecule has 0 saturated carbocycles. The van der Waals surface area contributed by atoms with Crippen molar-refractivity contribution in [2.24, 2.45) is 5.92 Å². The number of esters is 1. The number of nitrogens with one attached hydrogen (secondary N) is 1. The van der Waals surface area contributed by atoms with Crippen LogP contribution < -0.4 is 5.32 Å². The summed E-state index contributed by atoms with van der Waals surface area (Å²) in [6.45, 7) is 1.88. The molecule has 12 heavy (non-hydrogen) atoms. The zero-order chi connectivity index (χ0) is 9.14. The Hall–Kier alpha value is -0.900. The summed E-state index contributed by atoms with van der Waals surface area (Å²) in [6, 6.07) is -0.156. The first kappa shape index (κ1) is 9.19. The van der Waals surface area contributed by atoms with Gasteiger partial charge in [-0.05, 0) is 13.3 Å². The van der Waals surface area contributed by atoms with Gasteiger partial charge in [0.1, 0.15) is 6.29 Å². The Morgan fingerprint density at radius 3 is 2.75 bits per heavy atom. The highest BCUT2D eigenvalue weighted by atomic mass is 16.5. The van der Waals surface area contributed by atoms with Crippen LogP contribution in [0.5, 0.6) is 0 Å². The minimum atomic E-state index is -0.237. The van der Waals surface area contributed by atoms with Crippen LogP contribution in [0.4, 0.5) is 0 Å². The number of aldehydes is 1. The molecule has 0 radical (unpaired) electrons. The highest BCUT2D eigenvalue weighted by molar-refractivity contribution is 5.75. The average molecular weight is 171 g/mol. The van der Waals surface area contributed by atoms with E-state index in [2.05, 4.69) is 10.1 Å². The number of hydrogen-bond acceptors (Lipinski definition) is 4. The van der Waals surface area contributed by atoms with Crippen molar-refractivity contribution >= 4 is 12.3 Å². The summed E-state index contributed by atoms with van der Waals surface area (Å²) in [4.78, 5) is 21.5. The Morgan fingerprint density at radius 2 is 2.33 bits per heavy atom. The van der Waals surface area contributed by atoms with Gasteiger partial charge in [-0.25, -0.2) is 0 Å². The summed E-state index contributed by atoms with van der Waals surface area (Å²) >= 11 is 0. The molecular weight excluding hydrogens is 158 g/mol. The molecule has 1 rings (SSSR count). The summed E-state index contributed by atoms with van der Waals surface area (Å²) in [7, 11) is 1.36. The minimum Gasteiger partial charge on any atom is -0.469 e. The molecule has 1 N–H and O–H groups in total. The zero-order valence-corrected chi connectivity index (χ0v) is 7.24. The molecule has 1 aliphatic rings. The molecule has 1 saturated heterocycles. The van der Waals surface area contributed by atoms with Gasteiger partial charge in [-0.1, -0.05) is 0 Å². The van der Waals surface area contributed by atoms with E-state index < -0.39 is 0 Å². The van der Waals surface area contributed by atoms with E-state index in [-0.39, 0.29) is 24.0 Å². The quantitative estimate of drug-likeness (QED) is 0.459. The van der Waals surface area contributed by atoms with Crippen LogP contribution in [0.1, 0.15) is 13.3 Å². The highest BCUT2D eigenvalue weighted by Crippen LogP contribution is 2.20. The van der Waals surface area contributed by atoms with Crippen LogP contribution in [-0.2, 0) is 14.3 Å². The maximum atomic E-state index is 11.1. The maximum Gasteiger partial charge on any atom is 0.310 e. The lowest BCUT2D eigenvalue weighted by molar-refractivity contribution is -0.145. The lowest BCUT2D eigenvalue weighted by atomic mass is 10.0. The van der Waals surface area contributed by atoms with Crippen molar-refractivity contribution in [1.29, 1.82) is 0 Å². The predicted octanol–water partition coefficient (Wildman–Crippen LogP) is -0.275. The third kappa shape index (κ3) is 1.64. The van der Waals surface area contributed by atoms with Gasteiger partial charge in [0, 0.05) is 6.04 Å². The second-order valence-corrected chi connectivity index (χ2v) is 3.06. The van der Waals surface area contributed by atoms with Gasteiger partial charge in [-0.3, -0.25) is 4.79 Å². The fourth-order valence-electron chi connectivity index (χ4n) is 1.55. The molecule has 4 heteroatoms. The van der Waals surface area contributed by atoms with E-state index in [0.29, 0.717) is 6.42 Å². The summed E-state index contributed by atoms with van der Waals surface area (Å²) in [5.41, 5.74) is 0. The third-order valence-electron chi connectivity index (χ3n) is 2.26. The lowest BCUT2D eigenvalue weighted by Gasteiger charge is -2.10. The van der Waals surface area contributed by atoms with E-state index in [4.69, 9.17) is 0 Å². The zero-order valence-electron chi connectivity index (χ0n) is 7.24. The Morgan fingerprint density at radius 1 is 1.67 bits per heavy atom. The first-order valence-electron chi connectivity index (χ1n) is 3.98. The fourth-order valence-corrected chi connectivity index (χ4v) is 1.55. The molecule has 68 valence electrons. The van der Waals surface area contributed by atoms with Crippen molar-refractivity contribution in [3.05, 3.63) is 0 Å². The fraction of sp³-hybridized carbons (Fsp3) is 0.750. The summed E-state index contributed by atoms with van der Waals surface area (Å²) in [5, 5.41) is 3.00. The largest absolute Gasteiger partial charge is 0.469 e. The molecule has 0 amide bonds. The molecule has 0 bridgehead atoms. The van der Waals surface area contributed by atoms with Gasteiger partial charge in [0.15, 0.2) is 0 Å². The molecule has 0 aromatic rings. The number of carbonyl (C=O) groups excluding carboxylic acids is 2. The van der Waals surface area contributed by atoms with Crippen molar-refractivity contribution in [3.63, 3.8) is 0 Å². The van der Waals surface area contributed by atoms with Gasteiger partial charge < -0.3 is 14.8 Å². The van der Waals surface area contributed by atoms with Crippen LogP contribution in [-0.4, -0.2) is 31.4 Å².